The Morgan fingerprint density at radius 2 is 1.73 bits per heavy atom. The quantitative estimate of drug-likeness (QED) is 0.516. The third kappa shape index (κ3) is 2.10. The molecule has 26 heavy (non-hydrogen) atoms. The molecule has 0 aliphatic carbocycles. The van der Waals surface area contributed by atoms with Crippen LogP contribution < -0.4 is 5.63 Å². The van der Waals surface area contributed by atoms with Gasteiger partial charge in [0.15, 0.2) is 0 Å². The Bertz CT molecular complexity index is 1310. The summed E-state index contributed by atoms with van der Waals surface area (Å²) in [6.07, 6.45) is 1.85. The highest BCUT2D eigenvalue weighted by Crippen LogP contribution is 2.30. The minimum Gasteiger partial charge on any atom is -0.403 e. The van der Waals surface area contributed by atoms with Crippen LogP contribution in [0.3, 0.4) is 0 Å². The van der Waals surface area contributed by atoms with Gasteiger partial charge in [-0.1, -0.05) is 36.4 Å². The van der Waals surface area contributed by atoms with Crippen molar-refractivity contribution in [2.45, 2.75) is 6.92 Å². The van der Waals surface area contributed by atoms with Crippen molar-refractivity contribution in [2.24, 2.45) is 0 Å². The number of hydrogen-bond donors (Lipinski definition) is 1. The SMILES string of the molecule is Cc1nn(-c2ccccc2)c2oc(=O)c(-c3c[nH]c4ccccc34)cc12. The van der Waals surface area contributed by atoms with Crippen LogP contribution in [0.15, 0.2) is 76.1 Å². The number of para-hydroxylation sites is 2. The molecule has 0 saturated carbocycles. The van der Waals surface area contributed by atoms with E-state index < -0.39 is 0 Å². The summed E-state index contributed by atoms with van der Waals surface area (Å²) in [5, 5.41) is 6.38. The van der Waals surface area contributed by atoms with E-state index in [9.17, 15) is 4.79 Å². The zero-order chi connectivity index (χ0) is 17.7. The molecule has 5 rings (SSSR count). The number of fused-ring (bicyclic) bond motifs is 2. The van der Waals surface area contributed by atoms with Gasteiger partial charge >= 0.3 is 5.63 Å². The van der Waals surface area contributed by atoms with Crippen LogP contribution in [0.1, 0.15) is 5.69 Å². The molecule has 0 unspecified atom stereocenters. The summed E-state index contributed by atoms with van der Waals surface area (Å²) in [5.41, 5.74) is 4.11. The Morgan fingerprint density at radius 1 is 0.962 bits per heavy atom. The van der Waals surface area contributed by atoms with Crippen molar-refractivity contribution >= 4 is 22.0 Å². The number of nitrogens with zero attached hydrogens (tertiary/aromatic N) is 2. The van der Waals surface area contributed by atoms with Crippen molar-refractivity contribution in [2.75, 3.05) is 0 Å². The molecule has 2 aromatic carbocycles. The van der Waals surface area contributed by atoms with Crippen molar-refractivity contribution in [3.63, 3.8) is 0 Å². The maximum Gasteiger partial charge on any atom is 0.345 e. The summed E-state index contributed by atoms with van der Waals surface area (Å²) in [4.78, 5) is 16.0. The van der Waals surface area contributed by atoms with Crippen molar-refractivity contribution in [1.29, 1.82) is 0 Å². The van der Waals surface area contributed by atoms with Crippen LogP contribution in [0.25, 0.3) is 38.8 Å². The van der Waals surface area contributed by atoms with Gasteiger partial charge < -0.3 is 9.40 Å². The van der Waals surface area contributed by atoms with Crippen molar-refractivity contribution in [3.8, 4) is 16.8 Å². The molecular formula is C21H15N3O2. The van der Waals surface area contributed by atoms with Gasteiger partial charge in [-0.05, 0) is 31.2 Å². The van der Waals surface area contributed by atoms with Crippen LogP contribution in [0.5, 0.6) is 0 Å². The van der Waals surface area contributed by atoms with Gasteiger partial charge in [-0.15, -0.1) is 0 Å². The first-order valence-corrected chi connectivity index (χ1v) is 8.38. The fourth-order valence-corrected chi connectivity index (χ4v) is 3.35. The fraction of sp³-hybridized carbons (Fsp3) is 0.0476. The summed E-state index contributed by atoms with van der Waals surface area (Å²) < 4.78 is 7.37. The van der Waals surface area contributed by atoms with E-state index >= 15 is 0 Å². The molecule has 0 radical (unpaired) electrons. The van der Waals surface area contributed by atoms with Gasteiger partial charge in [0.1, 0.15) is 0 Å². The third-order valence-corrected chi connectivity index (χ3v) is 4.64. The molecule has 5 heteroatoms. The molecule has 0 saturated heterocycles. The molecule has 0 atom stereocenters. The molecule has 0 amide bonds. The minimum absolute atomic E-state index is 0.376. The maximum absolute atomic E-state index is 12.7. The predicted molar refractivity (Wildman–Crippen MR) is 102 cm³/mol. The van der Waals surface area contributed by atoms with Gasteiger partial charge in [0, 0.05) is 22.7 Å². The Kier molecular flexibility index (Phi) is 3.09. The van der Waals surface area contributed by atoms with Gasteiger partial charge in [0.2, 0.25) is 5.71 Å². The molecular weight excluding hydrogens is 326 g/mol. The molecule has 0 spiro atoms. The van der Waals surface area contributed by atoms with E-state index in [-0.39, 0.29) is 5.63 Å². The minimum atomic E-state index is -0.376. The van der Waals surface area contributed by atoms with Crippen LogP contribution in [0.4, 0.5) is 0 Å². The van der Waals surface area contributed by atoms with Gasteiger partial charge in [-0.25, -0.2) is 4.79 Å². The number of aromatic amines is 1. The Labute approximate surface area is 148 Å². The number of nitrogens with one attached hydrogen (secondary N) is 1. The first-order chi connectivity index (χ1) is 12.7. The van der Waals surface area contributed by atoms with E-state index in [0.29, 0.717) is 11.3 Å². The van der Waals surface area contributed by atoms with Gasteiger partial charge in [0.05, 0.1) is 22.3 Å². The monoisotopic (exact) mass is 341 g/mol. The lowest BCUT2D eigenvalue weighted by Gasteiger charge is -2.02. The summed E-state index contributed by atoms with van der Waals surface area (Å²) in [6, 6.07) is 19.4. The van der Waals surface area contributed by atoms with E-state index in [1.807, 2.05) is 73.8 Å². The predicted octanol–water partition coefficient (Wildman–Crippen LogP) is 4.44. The largest absolute Gasteiger partial charge is 0.403 e. The highest BCUT2D eigenvalue weighted by atomic mass is 16.4. The smallest absolute Gasteiger partial charge is 0.345 e. The number of aryl methyl sites for hydroxylation is 1. The van der Waals surface area contributed by atoms with E-state index in [1.165, 1.54) is 0 Å². The number of benzene rings is 2. The molecule has 3 aromatic heterocycles. The topological polar surface area (TPSA) is 63.8 Å². The van der Waals surface area contributed by atoms with Gasteiger partial charge in [-0.2, -0.15) is 9.78 Å². The molecule has 5 aromatic rings. The molecule has 0 bridgehead atoms. The first-order valence-electron chi connectivity index (χ1n) is 8.38. The summed E-state index contributed by atoms with van der Waals surface area (Å²) in [5.74, 6) is 0. The van der Waals surface area contributed by atoms with Crippen molar-refractivity contribution in [1.82, 2.24) is 14.8 Å². The summed E-state index contributed by atoms with van der Waals surface area (Å²) in [7, 11) is 0. The van der Waals surface area contributed by atoms with Crippen LogP contribution in [-0.2, 0) is 0 Å². The molecule has 0 aliphatic rings. The lowest BCUT2D eigenvalue weighted by atomic mass is 10.1. The second-order valence-corrected chi connectivity index (χ2v) is 6.25. The van der Waals surface area contributed by atoms with E-state index in [1.54, 1.807) is 4.68 Å². The number of rotatable bonds is 2. The lowest BCUT2D eigenvalue weighted by molar-refractivity contribution is 0.538. The Hall–Kier alpha value is -3.60. The standard InChI is InChI=1S/C21H15N3O2/c1-13-16-11-17(18-12-22-19-10-6-5-9-15(18)19)21(25)26-20(16)24(23-13)14-7-3-2-4-8-14/h2-12,22H,1H3. The van der Waals surface area contributed by atoms with Crippen molar-refractivity contribution < 1.29 is 4.42 Å². The number of H-pyrrole nitrogens is 1. The summed E-state index contributed by atoms with van der Waals surface area (Å²) >= 11 is 0. The second-order valence-electron chi connectivity index (χ2n) is 6.25. The molecule has 126 valence electrons. The maximum atomic E-state index is 12.7. The number of aromatic nitrogens is 3. The zero-order valence-electron chi connectivity index (χ0n) is 14.1. The summed E-state index contributed by atoms with van der Waals surface area (Å²) in [6.45, 7) is 1.92. The van der Waals surface area contributed by atoms with Gasteiger partial charge in [0.25, 0.3) is 0 Å². The fourth-order valence-electron chi connectivity index (χ4n) is 3.35. The highest BCUT2D eigenvalue weighted by Gasteiger charge is 2.17. The van der Waals surface area contributed by atoms with Crippen LogP contribution >= 0.6 is 0 Å². The molecule has 3 heterocycles. The lowest BCUT2D eigenvalue weighted by Crippen LogP contribution is -2.04. The van der Waals surface area contributed by atoms with Gasteiger partial charge in [-0.3, -0.25) is 0 Å². The highest BCUT2D eigenvalue weighted by molar-refractivity contribution is 5.97. The molecule has 5 nitrogen and oxygen atoms in total. The van der Waals surface area contributed by atoms with E-state index in [0.717, 1.165) is 33.2 Å². The normalized spacial score (nSPS) is 11.4. The number of hydrogen-bond acceptors (Lipinski definition) is 3. The zero-order valence-corrected chi connectivity index (χ0v) is 14.1. The first kappa shape index (κ1) is 14.7. The average Bonchev–Trinajstić information content (AvgIpc) is 3.23. The third-order valence-electron chi connectivity index (χ3n) is 4.64. The molecule has 0 fully saturated rings. The van der Waals surface area contributed by atoms with Crippen molar-refractivity contribution in [3.05, 3.63) is 83.0 Å². The van der Waals surface area contributed by atoms with E-state index in [4.69, 9.17) is 4.42 Å². The van der Waals surface area contributed by atoms with E-state index in [2.05, 4.69) is 10.1 Å². The van der Waals surface area contributed by atoms with Crippen LogP contribution in [0.2, 0.25) is 0 Å². The average molecular weight is 341 g/mol. The second kappa shape index (κ2) is 5.46. The van der Waals surface area contributed by atoms with Crippen LogP contribution in [-0.4, -0.2) is 14.8 Å². The Morgan fingerprint density at radius 3 is 2.58 bits per heavy atom. The molecule has 1 N–H and O–H groups in total. The van der Waals surface area contributed by atoms with Crippen LogP contribution in [0, 0.1) is 6.92 Å². The molecule has 0 aliphatic heterocycles. The Balaban J connectivity index is 1.79.